The van der Waals surface area contributed by atoms with Crippen LogP contribution in [-0.4, -0.2) is 37.7 Å². The van der Waals surface area contributed by atoms with Gasteiger partial charge in [-0.05, 0) is 54.8 Å². The third kappa shape index (κ3) is 5.30. The summed E-state index contributed by atoms with van der Waals surface area (Å²) in [5.74, 6) is -0.642. The van der Waals surface area contributed by atoms with Crippen molar-refractivity contribution in [3.05, 3.63) is 84.1 Å². The lowest BCUT2D eigenvalue weighted by Gasteiger charge is -2.32. The highest BCUT2D eigenvalue weighted by Gasteiger charge is 2.35. The molecule has 0 spiro atoms. The topological polar surface area (TPSA) is 93.3 Å². The number of halogens is 1. The van der Waals surface area contributed by atoms with E-state index in [9.17, 15) is 14.0 Å². The Morgan fingerprint density at radius 3 is 2.58 bits per heavy atom. The third-order valence-electron chi connectivity index (χ3n) is 6.62. The second kappa shape index (κ2) is 10.7. The first-order valence-corrected chi connectivity index (χ1v) is 12.2. The number of amides is 2. The van der Waals surface area contributed by atoms with E-state index in [0.717, 1.165) is 32.1 Å². The zero-order valence-electron chi connectivity index (χ0n) is 19.8. The van der Waals surface area contributed by atoms with Crippen LogP contribution in [0.2, 0.25) is 0 Å². The number of fused-ring (bicyclic) bond motifs is 1. The lowest BCUT2D eigenvalue weighted by molar-refractivity contribution is -0.143. The minimum Gasteiger partial charge on any atom is -0.467 e. The van der Waals surface area contributed by atoms with E-state index in [1.54, 1.807) is 24.3 Å². The number of carbonyl (C=O) groups excluding carboxylic acids is 2. The highest BCUT2D eigenvalue weighted by atomic mass is 19.1. The van der Waals surface area contributed by atoms with Crippen LogP contribution in [-0.2, 0) is 22.7 Å². The Morgan fingerprint density at radius 2 is 1.83 bits per heavy atom. The molecule has 0 radical (unpaired) electrons. The molecule has 2 amide bonds. The second-order valence-electron chi connectivity index (χ2n) is 9.15. The van der Waals surface area contributed by atoms with Crippen molar-refractivity contribution in [3.8, 4) is 0 Å². The number of carbonyl (C=O) groups is 2. The van der Waals surface area contributed by atoms with Crippen LogP contribution in [0.25, 0.3) is 11.0 Å². The molecule has 1 aliphatic carbocycles. The summed E-state index contributed by atoms with van der Waals surface area (Å²) in [6.45, 7) is -0.0230. The number of hydrogen-bond acceptors (Lipinski definition) is 5. The number of aromatic nitrogens is 3. The first-order valence-electron chi connectivity index (χ1n) is 12.2. The summed E-state index contributed by atoms with van der Waals surface area (Å²) in [6.07, 6.45) is 6.60. The van der Waals surface area contributed by atoms with Crippen molar-refractivity contribution in [1.82, 2.24) is 25.2 Å². The smallest absolute Gasteiger partial charge is 0.250 e. The van der Waals surface area contributed by atoms with Gasteiger partial charge in [-0.15, -0.1) is 5.10 Å². The molecule has 0 aliphatic heterocycles. The van der Waals surface area contributed by atoms with Crippen LogP contribution in [0.1, 0.15) is 49.5 Å². The molecule has 2 heterocycles. The monoisotopic (exact) mass is 489 g/mol. The van der Waals surface area contributed by atoms with Gasteiger partial charge in [-0.3, -0.25) is 9.59 Å². The van der Waals surface area contributed by atoms with Crippen LogP contribution in [0.15, 0.2) is 71.3 Å². The Hall–Kier alpha value is -4.01. The number of hydrogen-bond donors (Lipinski definition) is 1. The Labute approximate surface area is 208 Å². The highest BCUT2D eigenvalue weighted by Crippen LogP contribution is 2.27. The maximum atomic E-state index is 13.8. The number of nitrogens with one attached hydrogen (secondary N) is 1. The molecule has 1 N–H and O–H groups in total. The van der Waals surface area contributed by atoms with Gasteiger partial charge in [-0.1, -0.05) is 48.7 Å². The average molecular weight is 490 g/mol. The summed E-state index contributed by atoms with van der Waals surface area (Å²) in [6, 6.07) is 15.7. The SMILES string of the molecule is O=C(NC1CCCCC1)C(c1ccco1)N(Cc1ccc(F)cc1)C(=O)Cn1nnc2ccccc21. The van der Waals surface area contributed by atoms with Crippen molar-refractivity contribution in [3.63, 3.8) is 0 Å². The predicted octanol–water partition coefficient (Wildman–Crippen LogP) is 4.38. The van der Waals surface area contributed by atoms with Gasteiger partial charge in [-0.25, -0.2) is 9.07 Å². The van der Waals surface area contributed by atoms with E-state index in [-0.39, 0.29) is 36.8 Å². The minimum absolute atomic E-state index is 0.0609. The van der Waals surface area contributed by atoms with Crippen LogP contribution < -0.4 is 5.32 Å². The number of rotatable bonds is 8. The Morgan fingerprint density at radius 1 is 1.06 bits per heavy atom. The summed E-state index contributed by atoms with van der Waals surface area (Å²) in [5.41, 5.74) is 2.08. The van der Waals surface area contributed by atoms with Crippen LogP contribution >= 0.6 is 0 Å². The molecule has 2 aromatic heterocycles. The number of para-hydroxylation sites is 1. The predicted molar refractivity (Wildman–Crippen MR) is 131 cm³/mol. The van der Waals surface area contributed by atoms with E-state index in [1.165, 1.54) is 28.0 Å². The number of furan rings is 1. The van der Waals surface area contributed by atoms with Crippen molar-refractivity contribution in [2.75, 3.05) is 0 Å². The van der Waals surface area contributed by atoms with Gasteiger partial charge in [0.25, 0.3) is 5.91 Å². The van der Waals surface area contributed by atoms with Crippen LogP contribution in [0.3, 0.4) is 0 Å². The normalized spacial score (nSPS) is 15.0. The van der Waals surface area contributed by atoms with Crippen molar-refractivity contribution >= 4 is 22.8 Å². The fourth-order valence-electron chi connectivity index (χ4n) is 4.76. The van der Waals surface area contributed by atoms with E-state index in [4.69, 9.17) is 4.42 Å². The fraction of sp³-hybridized carbons (Fsp3) is 0.333. The Bertz CT molecular complexity index is 1310. The molecule has 5 rings (SSSR count). The quantitative estimate of drug-likeness (QED) is 0.396. The van der Waals surface area contributed by atoms with E-state index in [1.807, 2.05) is 24.3 Å². The van der Waals surface area contributed by atoms with Crippen LogP contribution in [0, 0.1) is 5.82 Å². The first-order chi connectivity index (χ1) is 17.6. The molecule has 36 heavy (non-hydrogen) atoms. The lowest BCUT2D eigenvalue weighted by atomic mass is 9.95. The third-order valence-corrected chi connectivity index (χ3v) is 6.62. The lowest BCUT2D eigenvalue weighted by Crippen LogP contribution is -2.47. The van der Waals surface area contributed by atoms with Gasteiger partial charge in [-0.2, -0.15) is 0 Å². The number of nitrogens with zero attached hydrogens (tertiary/aromatic N) is 4. The number of benzene rings is 2. The van der Waals surface area contributed by atoms with Crippen molar-refractivity contribution in [2.45, 2.75) is 57.3 Å². The molecule has 1 unspecified atom stereocenters. The summed E-state index contributed by atoms with van der Waals surface area (Å²) in [4.78, 5) is 28.9. The molecular formula is C27H28FN5O3. The van der Waals surface area contributed by atoms with E-state index < -0.39 is 6.04 Å². The molecule has 1 saturated carbocycles. The molecule has 1 fully saturated rings. The van der Waals surface area contributed by atoms with Gasteiger partial charge in [0.05, 0.1) is 11.8 Å². The fourth-order valence-corrected chi connectivity index (χ4v) is 4.76. The second-order valence-corrected chi connectivity index (χ2v) is 9.15. The summed E-state index contributed by atoms with van der Waals surface area (Å²) in [5, 5.41) is 11.4. The van der Waals surface area contributed by atoms with Crippen molar-refractivity contribution in [2.24, 2.45) is 0 Å². The van der Waals surface area contributed by atoms with Gasteiger partial charge in [0.2, 0.25) is 5.91 Å². The van der Waals surface area contributed by atoms with E-state index in [2.05, 4.69) is 15.6 Å². The maximum absolute atomic E-state index is 13.8. The highest BCUT2D eigenvalue weighted by molar-refractivity contribution is 5.89. The minimum atomic E-state index is -0.991. The molecule has 8 nitrogen and oxygen atoms in total. The summed E-state index contributed by atoms with van der Waals surface area (Å²) >= 11 is 0. The van der Waals surface area contributed by atoms with Crippen molar-refractivity contribution in [1.29, 1.82) is 0 Å². The molecule has 4 aromatic rings. The van der Waals surface area contributed by atoms with E-state index in [0.29, 0.717) is 22.4 Å². The molecule has 1 atom stereocenters. The molecule has 1 aliphatic rings. The molecule has 0 bridgehead atoms. The summed E-state index contributed by atoms with van der Waals surface area (Å²) in [7, 11) is 0. The first kappa shape index (κ1) is 23.7. The largest absolute Gasteiger partial charge is 0.467 e. The molecule has 2 aromatic carbocycles. The van der Waals surface area contributed by atoms with E-state index >= 15 is 0 Å². The maximum Gasteiger partial charge on any atom is 0.250 e. The molecule has 186 valence electrons. The van der Waals surface area contributed by atoms with Gasteiger partial charge in [0.15, 0.2) is 6.04 Å². The van der Waals surface area contributed by atoms with Crippen LogP contribution in [0.5, 0.6) is 0 Å². The zero-order valence-corrected chi connectivity index (χ0v) is 19.8. The average Bonchev–Trinajstić information content (AvgIpc) is 3.56. The van der Waals surface area contributed by atoms with Gasteiger partial charge in [0.1, 0.15) is 23.6 Å². The molecule has 9 heteroatoms. The molecular weight excluding hydrogens is 461 g/mol. The Kier molecular flexibility index (Phi) is 7.06. The standard InChI is InChI=1S/C27H28FN5O3/c28-20-14-12-19(13-15-20)17-32(25(34)18-33-23-10-5-4-9-22(23)30-31-33)26(24-11-6-16-36-24)27(35)29-21-7-2-1-3-8-21/h4-6,9-16,21,26H,1-3,7-8,17-18H2,(H,29,35). The zero-order chi connectivity index (χ0) is 24.9. The van der Waals surface area contributed by atoms with Crippen molar-refractivity contribution < 1.29 is 18.4 Å². The molecule has 0 saturated heterocycles. The van der Waals surface area contributed by atoms with Gasteiger partial charge >= 0.3 is 0 Å². The van der Waals surface area contributed by atoms with Gasteiger partial charge in [0, 0.05) is 12.6 Å². The Balaban J connectivity index is 1.48. The van der Waals surface area contributed by atoms with Gasteiger partial charge < -0.3 is 14.6 Å². The van der Waals surface area contributed by atoms with Crippen LogP contribution in [0.4, 0.5) is 4.39 Å². The summed E-state index contributed by atoms with van der Waals surface area (Å²) < 4.78 is 20.7.